The molecule has 0 spiro atoms. The van der Waals surface area contributed by atoms with Gasteiger partial charge in [-0.05, 0) is 31.2 Å². The number of ether oxygens (including phenoxy) is 1. The van der Waals surface area contributed by atoms with Gasteiger partial charge in [-0.25, -0.2) is 9.37 Å². The molecule has 0 radical (unpaired) electrons. The van der Waals surface area contributed by atoms with Gasteiger partial charge in [0.1, 0.15) is 5.82 Å². The van der Waals surface area contributed by atoms with Gasteiger partial charge < -0.3 is 14.6 Å². The van der Waals surface area contributed by atoms with Gasteiger partial charge in [0, 0.05) is 31.9 Å². The number of nitrogens with one attached hydrogen (secondary N) is 1. The molecule has 0 fully saturated rings. The van der Waals surface area contributed by atoms with Crippen LogP contribution in [0.2, 0.25) is 0 Å². The Kier molecular flexibility index (Phi) is 5.33. The lowest BCUT2D eigenvalue weighted by molar-refractivity contribution is 0.301. The molecule has 4 nitrogen and oxygen atoms in total. The molecule has 114 valence electrons. The number of benzene rings is 1. The zero-order valence-electron chi connectivity index (χ0n) is 12.8. The van der Waals surface area contributed by atoms with Crippen molar-refractivity contribution in [2.24, 2.45) is 7.05 Å². The predicted molar refractivity (Wildman–Crippen MR) is 80.9 cm³/mol. The Morgan fingerprint density at radius 2 is 2.24 bits per heavy atom. The highest BCUT2D eigenvalue weighted by Gasteiger charge is 2.09. The molecule has 1 N–H and O–H groups in total. The molecule has 21 heavy (non-hydrogen) atoms. The molecule has 1 aromatic carbocycles. The van der Waals surface area contributed by atoms with Crippen molar-refractivity contribution in [1.82, 2.24) is 14.9 Å². The van der Waals surface area contributed by atoms with Gasteiger partial charge in [-0.15, -0.1) is 0 Å². The second-order valence-corrected chi connectivity index (χ2v) is 5.02. The first-order valence-corrected chi connectivity index (χ1v) is 7.23. The maximum atomic E-state index is 14.0. The van der Waals surface area contributed by atoms with Crippen molar-refractivity contribution in [3.8, 4) is 5.75 Å². The lowest BCUT2D eigenvalue weighted by atomic mass is 10.1. The molecule has 1 aromatic heterocycles. The van der Waals surface area contributed by atoms with E-state index in [9.17, 15) is 4.39 Å². The summed E-state index contributed by atoms with van der Waals surface area (Å²) in [6, 6.07) is 5.25. The maximum absolute atomic E-state index is 14.0. The summed E-state index contributed by atoms with van der Waals surface area (Å²) < 4.78 is 21.5. The summed E-state index contributed by atoms with van der Waals surface area (Å²) in [5.41, 5.74) is 0.922. The van der Waals surface area contributed by atoms with Crippen LogP contribution >= 0.6 is 0 Å². The van der Waals surface area contributed by atoms with Gasteiger partial charge in [0.25, 0.3) is 0 Å². The van der Waals surface area contributed by atoms with E-state index in [1.54, 1.807) is 12.3 Å². The Hall–Kier alpha value is -1.88. The third-order valence-electron chi connectivity index (χ3n) is 3.47. The van der Waals surface area contributed by atoms with Gasteiger partial charge in [-0.1, -0.05) is 13.0 Å². The molecule has 2 aromatic rings. The van der Waals surface area contributed by atoms with Crippen LogP contribution in [-0.2, 0) is 13.5 Å². The fraction of sp³-hybridized carbons (Fsp3) is 0.438. The van der Waals surface area contributed by atoms with Crippen LogP contribution in [0, 0.1) is 5.82 Å². The molecule has 2 rings (SSSR count). The van der Waals surface area contributed by atoms with E-state index in [4.69, 9.17) is 4.74 Å². The van der Waals surface area contributed by atoms with Crippen LogP contribution in [0.25, 0.3) is 0 Å². The average molecular weight is 291 g/mol. The minimum atomic E-state index is -0.322. The van der Waals surface area contributed by atoms with Gasteiger partial charge in [0.15, 0.2) is 11.6 Å². The normalized spacial score (nSPS) is 12.4. The van der Waals surface area contributed by atoms with Crippen LogP contribution in [0.3, 0.4) is 0 Å². The van der Waals surface area contributed by atoms with Crippen LogP contribution in [-0.4, -0.2) is 22.7 Å². The average Bonchev–Trinajstić information content (AvgIpc) is 2.86. The standard InChI is InChI=1S/C16H22FN3O/c1-4-18-12(2)13-5-6-15(14(17)11-13)21-10-7-16-19-8-9-20(16)3/h5-6,8-9,11-12,18H,4,7,10H2,1-3H3. The summed E-state index contributed by atoms with van der Waals surface area (Å²) in [4.78, 5) is 4.21. The van der Waals surface area contributed by atoms with Crippen molar-refractivity contribution in [2.45, 2.75) is 26.3 Å². The van der Waals surface area contributed by atoms with E-state index in [1.165, 1.54) is 6.07 Å². The highest BCUT2D eigenvalue weighted by molar-refractivity contribution is 5.30. The Morgan fingerprint density at radius 3 is 2.86 bits per heavy atom. The van der Waals surface area contributed by atoms with Crippen LogP contribution in [0.4, 0.5) is 4.39 Å². The Morgan fingerprint density at radius 1 is 1.43 bits per heavy atom. The van der Waals surface area contributed by atoms with Crippen LogP contribution < -0.4 is 10.1 Å². The predicted octanol–water partition coefficient (Wildman–Crippen LogP) is 2.85. The number of hydrogen-bond acceptors (Lipinski definition) is 3. The smallest absolute Gasteiger partial charge is 0.165 e. The van der Waals surface area contributed by atoms with Crippen LogP contribution in [0.5, 0.6) is 5.75 Å². The van der Waals surface area contributed by atoms with Gasteiger partial charge in [-0.3, -0.25) is 0 Å². The first-order chi connectivity index (χ1) is 10.1. The fourth-order valence-electron chi connectivity index (χ4n) is 2.22. The largest absolute Gasteiger partial charge is 0.490 e. The third kappa shape index (κ3) is 4.04. The maximum Gasteiger partial charge on any atom is 0.165 e. The van der Waals surface area contributed by atoms with E-state index >= 15 is 0 Å². The second kappa shape index (κ2) is 7.22. The van der Waals surface area contributed by atoms with Gasteiger partial charge in [-0.2, -0.15) is 0 Å². The number of hydrogen-bond donors (Lipinski definition) is 1. The first-order valence-electron chi connectivity index (χ1n) is 7.23. The summed E-state index contributed by atoms with van der Waals surface area (Å²) in [6.07, 6.45) is 4.28. The summed E-state index contributed by atoms with van der Waals surface area (Å²) in [6.45, 7) is 5.30. The van der Waals surface area contributed by atoms with E-state index in [0.29, 0.717) is 13.0 Å². The highest BCUT2D eigenvalue weighted by atomic mass is 19.1. The molecule has 0 aliphatic rings. The van der Waals surface area contributed by atoms with Gasteiger partial charge >= 0.3 is 0 Å². The minimum absolute atomic E-state index is 0.131. The van der Waals surface area contributed by atoms with E-state index in [0.717, 1.165) is 17.9 Å². The molecule has 0 aliphatic carbocycles. The molecule has 1 heterocycles. The molecular formula is C16H22FN3O. The molecular weight excluding hydrogens is 269 g/mol. The van der Waals surface area contributed by atoms with E-state index in [-0.39, 0.29) is 17.6 Å². The second-order valence-electron chi connectivity index (χ2n) is 5.02. The zero-order chi connectivity index (χ0) is 15.2. The molecule has 1 atom stereocenters. The topological polar surface area (TPSA) is 39.1 Å². The number of nitrogens with zero attached hydrogens (tertiary/aromatic N) is 2. The van der Waals surface area contributed by atoms with Crippen LogP contribution in [0.15, 0.2) is 30.6 Å². The number of imidazole rings is 1. The number of aryl methyl sites for hydroxylation is 1. The monoisotopic (exact) mass is 291 g/mol. The summed E-state index contributed by atoms with van der Waals surface area (Å²) in [5, 5.41) is 3.26. The lowest BCUT2D eigenvalue weighted by Crippen LogP contribution is -2.17. The summed E-state index contributed by atoms with van der Waals surface area (Å²) >= 11 is 0. The number of aromatic nitrogens is 2. The SMILES string of the molecule is CCNC(C)c1ccc(OCCc2nccn2C)c(F)c1. The third-order valence-corrected chi connectivity index (χ3v) is 3.47. The van der Waals surface area contributed by atoms with Crippen molar-refractivity contribution >= 4 is 0 Å². The van der Waals surface area contributed by atoms with E-state index in [1.807, 2.05) is 37.7 Å². The van der Waals surface area contributed by atoms with Crippen molar-refractivity contribution in [3.63, 3.8) is 0 Å². The Balaban J connectivity index is 1.93. The van der Waals surface area contributed by atoms with Crippen molar-refractivity contribution < 1.29 is 9.13 Å². The molecule has 0 amide bonds. The Labute approximate surface area is 125 Å². The summed E-state index contributed by atoms with van der Waals surface area (Å²) in [5.74, 6) is 0.890. The van der Waals surface area contributed by atoms with Crippen LogP contribution in [0.1, 0.15) is 31.3 Å². The van der Waals surface area contributed by atoms with Gasteiger partial charge in [0.2, 0.25) is 0 Å². The zero-order valence-corrected chi connectivity index (χ0v) is 12.8. The molecule has 5 heteroatoms. The first kappa shape index (κ1) is 15.5. The van der Waals surface area contributed by atoms with E-state index < -0.39 is 0 Å². The molecule has 1 unspecified atom stereocenters. The molecule has 0 bridgehead atoms. The quantitative estimate of drug-likeness (QED) is 0.852. The highest BCUT2D eigenvalue weighted by Crippen LogP contribution is 2.22. The molecule has 0 saturated heterocycles. The fourth-order valence-corrected chi connectivity index (χ4v) is 2.22. The molecule has 0 saturated carbocycles. The number of rotatable bonds is 7. The summed E-state index contributed by atoms with van der Waals surface area (Å²) in [7, 11) is 1.93. The van der Waals surface area contributed by atoms with Crippen molar-refractivity contribution in [2.75, 3.05) is 13.2 Å². The van der Waals surface area contributed by atoms with Crippen molar-refractivity contribution in [1.29, 1.82) is 0 Å². The Bertz CT molecular complexity index is 583. The lowest BCUT2D eigenvalue weighted by Gasteiger charge is -2.14. The van der Waals surface area contributed by atoms with E-state index in [2.05, 4.69) is 10.3 Å². The van der Waals surface area contributed by atoms with Crippen molar-refractivity contribution in [3.05, 3.63) is 47.8 Å². The molecule has 0 aliphatic heterocycles. The van der Waals surface area contributed by atoms with Gasteiger partial charge in [0.05, 0.1) is 6.61 Å². The minimum Gasteiger partial charge on any atom is -0.490 e. The number of halogens is 1.